The Morgan fingerprint density at radius 3 is 2.76 bits per heavy atom. The second-order valence-corrected chi connectivity index (χ2v) is 5.66. The van der Waals surface area contributed by atoms with E-state index in [0.29, 0.717) is 6.42 Å². The third-order valence-corrected chi connectivity index (χ3v) is 3.51. The topological polar surface area (TPSA) is 37.3 Å². The molecule has 0 fully saturated rings. The van der Waals surface area contributed by atoms with Crippen LogP contribution in [0.3, 0.4) is 0 Å². The van der Waals surface area contributed by atoms with Crippen molar-refractivity contribution in [2.45, 2.75) is 59.0 Å². The average Bonchev–Trinajstić information content (AvgIpc) is 2.15. The second-order valence-electron chi connectivity index (χ2n) is 5.66. The number of ketones is 1. The molecule has 0 spiro atoms. The highest BCUT2D eigenvalue weighted by Gasteiger charge is 2.36. The van der Waals surface area contributed by atoms with Crippen molar-refractivity contribution >= 4 is 5.78 Å². The summed E-state index contributed by atoms with van der Waals surface area (Å²) in [6.07, 6.45) is 7.01. The SMILES string of the molecule is CC(C)=CCC[C@@](C)(O)[C@H]1CCC(C)=CC1=O. The van der Waals surface area contributed by atoms with Crippen molar-refractivity contribution in [3.63, 3.8) is 0 Å². The summed E-state index contributed by atoms with van der Waals surface area (Å²) in [5.41, 5.74) is 1.51. The Morgan fingerprint density at radius 1 is 1.59 bits per heavy atom. The zero-order valence-corrected chi connectivity index (χ0v) is 11.4. The molecule has 0 aromatic rings. The van der Waals surface area contributed by atoms with E-state index in [9.17, 15) is 9.90 Å². The van der Waals surface area contributed by atoms with Crippen LogP contribution in [0.25, 0.3) is 0 Å². The summed E-state index contributed by atoms with van der Waals surface area (Å²) in [6.45, 7) is 7.87. The molecule has 1 aliphatic carbocycles. The van der Waals surface area contributed by atoms with Crippen molar-refractivity contribution in [3.05, 3.63) is 23.3 Å². The summed E-state index contributed by atoms with van der Waals surface area (Å²) in [5, 5.41) is 10.4. The average molecular weight is 236 g/mol. The van der Waals surface area contributed by atoms with Crippen molar-refractivity contribution in [1.29, 1.82) is 0 Å². The van der Waals surface area contributed by atoms with Crippen molar-refractivity contribution in [3.8, 4) is 0 Å². The third kappa shape index (κ3) is 4.12. The zero-order valence-electron chi connectivity index (χ0n) is 11.4. The molecular weight excluding hydrogens is 212 g/mol. The highest BCUT2D eigenvalue weighted by Crippen LogP contribution is 2.32. The van der Waals surface area contributed by atoms with Gasteiger partial charge in [0.2, 0.25) is 0 Å². The number of carbonyl (C=O) groups excluding carboxylic acids is 1. The molecule has 0 aliphatic heterocycles. The predicted molar refractivity (Wildman–Crippen MR) is 70.8 cm³/mol. The largest absolute Gasteiger partial charge is 0.389 e. The van der Waals surface area contributed by atoms with E-state index in [0.717, 1.165) is 24.8 Å². The summed E-state index contributed by atoms with van der Waals surface area (Å²) in [6, 6.07) is 0. The fourth-order valence-corrected chi connectivity index (χ4v) is 2.37. The van der Waals surface area contributed by atoms with Crippen LogP contribution in [-0.4, -0.2) is 16.5 Å². The standard InChI is InChI=1S/C15H24O2/c1-11(2)6-5-9-15(4,17)13-8-7-12(3)10-14(13)16/h6,10,13,17H,5,7-9H2,1-4H3/t13-,15+/m0/s1. The van der Waals surface area contributed by atoms with Crippen molar-refractivity contribution < 1.29 is 9.90 Å². The minimum atomic E-state index is -0.875. The van der Waals surface area contributed by atoms with Crippen LogP contribution < -0.4 is 0 Å². The molecule has 0 bridgehead atoms. The predicted octanol–water partition coefficient (Wildman–Crippen LogP) is 3.41. The highest BCUT2D eigenvalue weighted by atomic mass is 16.3. The van der Waals surface area contributed by atoms with Gasteiger partial charge in [0.1, 0.15) is 0 Å². The molecular formula is C15H24O2. The molecule has 0 aromatic carbocycles. The van der Waals surface area contributed by atoms with Gasteiger partial charge >= 0.3 is 0 Å². The molecule has 0 amide bonds. The quantitative estimate of drug-likeness (QED) is 0.759. The molecule has 1 N–H and O–H groups in total. The number of allylic oxidation sites excluding steroid dienone is 4. The van der Waals surface area contributed by atoms with Gasteiger partial charge in [0.15, 0.2) is 5.78 Å². The van der Waals surface area contributed by atoms with Gasteiger partial charge in [0.05, 0.1) is 11.5 Å². The Kier molecular flexibility index (Phi) is 4.70. The first kappa shape index (κ1) is 14.2. The fourth-order valence-electron chi connectivity index (χ4n) is 2.37. The minimum absolute atomic E-state index is 0.0935. The molecule has 0 heterocycles. The van der Waals surface area contributed by atoms with Crippen molar-refractivity contribution in [2.75, 3.05) is 0 Å². The Labute approximate surface area is 104 Å². The van der Waals surface area contributed by atoms with Crippen LogP contribution in [-0.2, 0) is 4.79 Å². The van der Waals surface area contributed by atoms with E-state index in [1.165, 1.54) is 5.57 Å². The number of aliphatic hydroxyl groups is 1. The molecule has 2 nitrogen and oxygen atoms in total. The fraction of sp³-hybridized carbons (Fsp3) is 0.667. The monoisotopic (exact) mass is 236 g/mol. The molecule has 2 atom stereocenters. The Morgan fingerprint density at radius 2 is 2.24 bits per heavy atom. The maximum Gasteiger partial charge on any atom is 0.161 e. The van der Waals surface area contributed by atoms with E-state index >= 15 is 0 Å². The van der Waals surface area contributed by atoms with Crippen LogP contribution in [0, 0.1) is 5.92 Å². The first-order chi connectivity index (χ1) is 7.83. The number of hydrogen-bond donors (Lipinski definition) is 1. The number of rotatable bonds is 4. The summed E-state index contributed by atoms with van der Waals surface area (Å²) in [5.74, 6) is -0.132. The molecule has 0 saturated heterocycles. The lowest BCUT2D eigenvalue weighted by Gasteiger charge is -2.33. The van der Waals surface area contributed by atoms with Crippen molar-refractivity contribution in [2.24, 2.45) is 5.92 Å². The van der Waals surface area contributed by atoms with E-state index in [2.05, 4.69) is 6.08 Å². The third-order valence-electron chi connectivity index (χ3n) is 3.51. The lowest BCUT2D eigenvalue weighted by atomic mass is 9.76. The lowest BCUT2D eigenvalue weighted by Crippen LogP contribution is -2.40. The minimum Gasteiger partial charge on any atom is -0.389 e. The van der Waals surface area contributed by atoms with Crippen LogP contribution in [0.2, 0.25) is 0 Å². The summed E-state index contributed by atoms with van der Waals surface area (Å²) < 4.78 is 0. The Bertz CT molecular complexity index is 344. The van der Waals surface area contributed by atoms with E-state index in [1.807, 2.05) is 20.8 Å². The molecule has 0 aromatic heterocycles. The molecule has 1 aliphatic rings. The normalized spacial score (nSPS) is 23.9. The first-order valence-electron chi connectivity index (χ1n) is 6.39. The van der Waals surface area contributed by atoms with E-state index in [-0.39, 0.29) is 11.7 Å². The Balaban J connectivity index is 2.64. The smallest absolute Gasteiger partial charge is 0.161 e. The van der Waals surface area contributed by atoms with Gasteiger partial charge in [-0.05, 0) is 59.5 Å². The number of carbonyl (C=O) groups is 1. The number of hydrogen-bond acceptors (Lipinski definition) is 2. The van der Waals surface area contributed by atoms with Gasteiger partial charge in [-0.15, -0.1) is 0 Å². The lowest BCUT2D eigenvalue weighted by molar-refractivity contribution is -0.128. The molecule has 0 unspecified atom stereocenters. The van der Waals surface area contributed by atoms with Gasteiger partial charge in [-0.2, -0.15) is 0 Å². The van der Waals surface area contributed by atoms with E-state index in [4.69, 9.17) is 0 Å². The van der Waals surface area contributed by atoms with Gasteiger partial charge in [0.25, 0.3) is 0 Å². The molecule has 0 radical (unpaired) electrons. The Hall–Kier alpha value is -0.890. The van der Waals surface area contributed by atoms with Gasteiger partial charge in [-0.1, -0.05) is 17.2 Å². The second kappa shape index (κ2) is 5.63. The van der Waals surface area contributed by atoms with Crippen LogP contribution in [0.5, 0.6) is 0 Å². The van der Waals surface area contributed by atoms with E-state index in [1.54, 1.807) is 13.0 Å². The molecule has 0 saturated carbocycles. The van der Waals surface area contributed by atoms with Gasteiger partial charge < -0.3 is 5.11 Å². The van der Waals surface area contributed by atoms with E-state index < -0.39 is 5.60 Å². The van der Waals surface area contributed by atoms with Gasteiger partial charge in [0, 0.05) is 0 Å². The highest BCUT2D eigenvalue weighted by molar-refractivity contribution is 5.94. The summed E-state index contributed by atoms with van der Waals surface area (Å²) in [4.78, 5) is 11.9. The van der Waals surface area contributed by atoms with Crippen LogP contribution in [0.1, 0.15) is 53.4 Å². The first-order valence-corrected chi connectivity index (χ1v) is 6.39. The van der Waals surface area contributed by atoms with Gasteiger partial charge in [-0.25, -0.2) is 0 Å². The summed E-state index contributed by atoms with van der Waals surface area (Å²) >= 11 is 0. The van der Waals surface area contributed by atoms with Gasteiger partial charge in [-0.3, -0.25) is 4.79 Å². The maximum atomic E-state index is 11.9. The maximum absolute atomic E-state index is 11.9. The summed E-state index contributed by atoms with van der Waals surface area (Å²) in [7, 11) is 0. The molecule has 96 valence electrons. The van der Waals surface area contributed by atoms with Crippen LogP contribution in [0.15, 0.2) is 23.3 Å². The van der Waals surface area contributed by atoms with Crippen LogP contribution in [0.4, 0.5) is 0 Å². The zero-order chi connectivity index (χ0) is 13.1. The molecule has 1 rings (SSSR count). The molecule has 17 heavy (non-hydrogen) atoms. The van der Waals surface area contributed by atoms with Crippen molar-refractivity contribution in [1.82, 2.24) is 0 Å². The molecule has 2 heteroatoms. The van der Waals surface area contributed by atoms with Crippen LogP contribution >= 0.6 is 0 Å².